The van der Waals surface area contributed by atoms with E-state index in [1.807, 2.05) is 47.3 Å². The van der Waals surface area contributed by atoms with Crippen molar-refractivity contribution in [2.24, 2.45) is 4.99 Å². The lowest BCUT2D eigenvalue weighted by molar-refractivity contribution is -0.121. The zero-order valence-electron chi connectivity index (χ0n) is 16.6. The standard InChI is InChI=1S/C21H18N6O3S/c1-15-5-7-16(8-6-15)12-26-9-10-31-21(26)23-19(28)13-30-20(29)17-3-2-4-18(11-17)27-14-22-24-25-27/h2-11,14H,12-13H2,1H3. The Morgan fingerprint density at radius 3 is 2.77 bits per heavy atom. The van der Waals surface area contributed by atoms with Gasteiger partial charge in [0, 0.05) is 18.1 Å². The molecule has 0 fully saturated rings. The summed E-state index contributed by atoms with van der Waals surface area (Å²) in [6.07, 6.45) is 3.28. The first kappa shape index (κ1) is 20.4. The predicted molar refractivity (Wildman–Crippen MR) is 113 cm³/mol. The fourth-order valence-electron chi connectivity index (χ4n) is 2.80. The van der Waals surface area contributed by atoms with E-state index >= 15 is 0 Å². The van der Waals surface area contributed by atoms with E-state index in [4.69, 9.17) is 4.74 Å². The Morgan fingerprint density at radius 2 is 2.00 bits per heavy atom. The molecule has 9 nitrogen and oxygen atoms in total. The van der Waals surface area contributed by atoms with Crippen LogP contribution in [0.1, 0.15) is 21.5 Å². The molecule has 4 rings (SSSR count). The van der Waals surface area contributed by atoms with Crippen LogP contribution in [0.15, 0.2) is 71.4 Å². The van der Waals surface area contributed by atoms with Crippen LogP contribution in [-0.4, -0.2) is 43.3 Å². The van der Waals surface area contributed by atoms with Crippen molar-refractivity contribution in [3.8, 4) is 5.69 Å². The minimum atomic E-state index is -0.628. The van der Waals surface area contributed by atoms with Crippen LogP contribution in [0.25, 0.3) is 5.69 Å². The van der Waals surface area contributed by atoms with Crippen LogP contribution in [-0.2, 0) is 16.1 Å². The van der Waals surface area contributed by atoms with Crippen molar-refractivity contribution in [3.05, 3.63) is 87.9 Å². The van der Waals surface area contributed by atoms with Gasteiger partial charge in [0.25, 0.3) is 5.91 Å². The molecule has 0 saturated carbocycles. The molecule has 0 aliphatic rings. The van der Waals surface area contributed by atoms with Crippen LogP contribution in [0.3, 0.4) is 0 Å². The van der Waals surface area contributed by atoms with E-state index in [0.717, 1.165) is 5.56 Å². The van der Waals surface area contributed by atoms with Gasteiger partial charge in [-0.25, -0.2) is 9.48 Å². The van der Waals surface area contributed by atoms with Gasteiger partial charge < -0.3 is 9.30 Å². The van der Waals surface area contributed by atoms with E-state index in [-0.39, 0.29) is 5.56 Å². The first-order valence-electron chi connectivity index (χ1n) is 9.36. The quantitative estimate of drug-likeness (QED) is 0.431. The maximum Gasteiger partial charge on any atom is 0.338 e. The molecule has 156 valence electrons. The minimum absolute atomic E-state index is 0.284. The molecule has 0 saturated heterocycles. The second-order valence-corrected chi connectivity index (χ2v) is 7.56. The molecule has 1 amide bonds. The number of ether oxygens (including phenoxy) is 1. The van der Waals surface area contributed by atoms with E-state index < -0.39 is 18.5 Å². The van der Waals surface area contributed by atoms with E-state index in [1.165, 1.54) is 27.9 Å². The summed E-state index contributed by atoms with van der Waals surface area (Å²) < 4.78 is 8.43. The Balaban J connectivity index is 1.40. The summed E-state index contributed by atoms with van der Waals surface area (Å²) in [6, 6.07) is 14.8. The third kappa shape index (κ3) is 5.17. The fraction of sp³-hybridized carbons (Fsp3) is 0.143. The van der Waals surface area contributed by atoms with Crippen LogP contribution in [0, 0.1) is 6.92 Å². The van der Waals surface area contributed by atoms with Crippen molar-refractivity contribution in [3.63, 3.8) is 0 Å². The second-order valence-electron chi connectivity index (χ2n) is 6.69. The molecule has 0 aliphatic heterocycles. The maximum atomic E-state index is 12.3. The van der Waals surface area contributed by atoms with E-state index in [0.29, 0.717) is 17.0 Å². The van der Waals surface area contributed by atoms with Crippen LogP contribution < -0.4 is 4.80 Å². The van der Waals surface area contributed by atoms with Crippen LogP contribution >= 0.6 is 11.3 Å². The molecule has 0 N–H and O–H groups in total. The molecular formula is C21H18N6O3S. The van der Waals surface area contributed by atoms with E-state index in [9.17, 15) is 9.59 Å². The number of amides is 1. The molecule has 10 heteroatoms. The van der Waals surface area contributed by atoms with Gasteiger partial charge in [-0.2, -0.15) is 4.99 Å². The number of tetrazole rings is 1. The number of nitrogens with zero attached hydrogens (tertiary/aromatic N) is 6. The number of benzene rings is 2. The Labute approximate surface area is 181 Å². The molecule has 2 heterocycles. The summed E-state index contributed by atoms with van der Waals surface area (Å²) >= 11 is 1.34. The summed E-state index contributed by atoms with van der Waals surface area (Å²) in [5.74, 6) is -1.16. The summed E-state index contributed by atoms with van der Waals surface area (Å²) in [5, 5.41) is 12.8. The molecule has 2 aromatic carbocycles. The molecule has 4 aromatic rings. The number of esters is 1. The Hall–Kier alpha value is -3.92. The lowest BCUT2D eigenvalue weighted by Crippen LogP contribution is -2.20. The monoisotopic (exact) mass is 434 g/mol. The third-order valence-corrected chi connectivity index (χ3v) is 5.17. The lowest BCUT2D eigenvalue weighted by atomic mass is 10.1. The van der Waals surface area contributed by atoms with Gasteiger partial charge in [0.15, 0.2) is 11.4 Å². The maximum absolute atomic E-state index is 12.3. The summed E-state index contributed by atoms with van der Waals surface area (Å²) in [6.45, 7) is 2.18. The highest BCUT2D eigenvalue weighted by molar-refractivity contribution is 7.07. The topological polar surface area (TPSA) is 104 Å². The van der Waals surface area contributed by atoms with Crippen molar-refractivity contribution in [1.29, 1.82) is 0 Å². The van der Waals surface area contributed by atoms with Gasteiger partial charge in [-0.1, -0.05) is 35.9 Å². The Bertz CT molecular complexity index is 1260. The Kier molecular flexibility index (Phi) is 6.08. The summed E-state index contributed by atoms with van der Waals surface area (Å²) in [4.78, 5) is 29.2. The van der Waals surface area contributed by atoms with Crippen molar-refractivity contribution in [2.45, 2.75) is 13.5 Å². The minimum Gasteiger partial charge on any atom is -0.452 e. The normalized spacial score (nSPS) is 11.5. The number of rotatable bonds is 6. The fourth-order valence-corrected chi connectivity index (χ4v) is 3.55. The van der Waals surface area contributed by atoms with Gasteiger partial charge in [0.2, 0.25) is 0 Å². The zero-order valence-corrected chi connectivity index (χ0v) is 17.4. The molecule has 0 atom stereocenters. The number of carbonyl (C=O) groups is 2. The first-order chi connectivity index (χ1) is 15.1. The Morgan fingerprint density at radius 1 is 1.16 bits per heavy atom. The molecular weight excluding hydrogens is 416 g/mol. The largest absolute Gasteiger partial charge is 0.452 e. The van der Waals surface area contributed by atoms with Gasteiger partial charge >= 0.3 is 5.97 Å². The highest BCUT2D eigenvalue weighted by Crippen LogP contribution is 2.10. The summed E-state index contributed by atoms with van der Waals surface area (Å²) in [5.41, 5.74) is 3.17. The highest BCUT2D eigenvalue weighted by atomic mass is 32.1. The average molecular weight is 434 g/mol. The number of aryl methyl sites for hydroxylation is 1. The predicted octanol–water partition coefficient (Wildman–Crippen LogP) is 2.17. The van der Waals surface area contributed by atoms with Gasteiger partial charge in [0.1, 0.15) is 6.33 Å². The van der Waals surface area contributed by atoms with Gasteiger partial charge in [-0.05, 0) is 41.1 Å². The zero-order chi connectivity index (χ0) is 21.6. The number of hydrogen-bond acceptors (Lipinski definition) is 7. The van der Waals surface area contributed by atoms with Crippen molar-refractivity contribution in [2.75, 3.05) is 6.61 Å². The van der Waals surface area contributed by atoms with Gasteiger partial charge in [-0.3, -0.25) is 4.79 Å². The van der Waals surface area contributed by atoms with Crippen molar-refractivity contribution < 1.29 is 14.3 Å². The van der Waals surface area contributed by atoms with E-state index in [2.05, 4.69) is 20.5 Å². The SMILES string of the molecule is Cc1ccc(Cn2ccsc2=NC(=O)COC(=O)c2cccc(-n3cnnn3)c2)cc1. The molecule has 0 unspecified atom stereocenters. The third-order valence-electron chi connectivity index (χ3n) is 4.38. The number of aromatic nitrogens is 5. The lowest BCUT2D eigenvalue weighted by Gasteiger charge is -2.05. The van der Waals surface area contributed by atoms with Crippen molar-refractivity contribution in [1.82, 2.24) is 24.8 Å². The number of hydrogen-bond donors (Lipinski definition) is 0. The molecule has 31 heavy (non-hydrogen) atoms. The molecule has 0 radical (unpaired) electrons. The van der Waals surface area contributed by atoms with E-state index in [1.54, 1.807) is 24.3 Å². The second kappa shape index (κ2) is 9.26. The van der Waals surface area contributed by atoms with Gasteiger partial charge in [0.05, 0.1) is 11.3 Å². The molecule has 0 spiro atoms. The number of thiazole rings is 1. The molecule has 0 aliphatic carbocycles. The summed E-state index contributed by atoms with van der Waals surface area (Å²) in [7, 11) is 0. The molecule has 0 bridgehead atoms. The van der Waals surface area contributed by atoms with Crippen LogP contribution in [0.5, 0.6) is 0 Å². The van der Waals surface area contributed by atoms with Crippen LogP contribution in [0.2, 0.25) is 0 Å². The first-order valence-corrected chi connectivity index (χ1v) is 10.2. The van der Waals surface area contributed by atoms with Gasteiger partial charge in [-0.15, -0.1) is 16.4 Å². The smallest absolute Gasteiger partial charge is 0.338 e. The number of carbonyl (C=O) groups excluding carboxylic acids is 2. The molecule has 2 aromatic heterocycles. The highest BCUT2D eigenvalue weighted by Gasteiger charge is 2.12. The van der Waals surface area contributed by atoms with Crippen molar-refractivity contribution >= 4 is 23.2 Å². The average Bonchev–Trinajstić information content (AvgIpc) is 3.46. The van der Waals surface area contributed by atoms with Crippen LogP contribution in [0.4, 0.5) is 0 Å².